The quantitative estimate of drug-likeness (QED) is 0.796. The van der Waals surface area contributed by atoms with E-state index >= 15 is 0 Å². The van der Waals surface area contributed by atoms with E-state index in [1.165, 1.54) is 4.57 Å². The zero-order valence-electron chi connectivity index (χ0n) is 11.5. The second-order valence-corrected chi connectivity index (χ2v) is 4.82. The Morgan fingerprint density at radius 2 is 1.38 bits per heavy atom. The van der Waals surface area contributed by atoms with Crippen molar-refractivity contribution in [2.75, 3.05) is 0 Å². The smallest absolute Gasteiger partial charge is 0.330 e. The molecule has 0 fully saturated rings. The lowest BCUT2D eigenvalue weighted by molar-refractivity contribution is 0.205. The van der Waals surface area contributed by atoms with Gasteiger partial charge >= 0.3 is 5.69 Å². The first-order chi connectivity index (χ1) is 10.3. The van der Waals surface area contributed by atoms with Crippen LogP contribution in [0, 0.1) is 0 Å². The van der Waals surface area contributed by atoms with Crippen molar-refractivity contribution in [2.45, 2.75) is 12.8 Å². The summed E-state index contributed by atoms with van der Waals surface area (Å²) >= 11 is 0. The van der Waals surface area contributed by atoms with Crippen LogP contribution in [0.5, 0.6) is 0 Å². The van der Waals surface area contributed by atoms with Gasteiger partial charge in [-0.25, -0.2) is 4.79 Å². The molecule has 0 bridgehead atoms. The number of aromatic nitrogens is 2. The van der Waals surface area contributed by atoms with E-state index in [4.69, 9.17) is 0 Å². The molecule has 0 saturated heterocycles. The molecule has 2 aromatic carbocycles. The molecule has 1 N–H and O–H groups in total. The Bertz CT molecular complexity index is 721. The van der Waals surface area contributed by atoms with Gasteiger partial charge in [0.25, 0.3) is 0 Å². The molecule has 0 aliphatic rings. The second kappa shape index (κ2) is 5.81. The van der Waals surface area contributed by atoms with Crippen molar-refractivity contribution in [1.82, 2.24) is 9.13 Å². The molecule has 0 aliphatic heterocycles. The van der Waals surface area contributed by atoms with Gasteiger partial charge in [-0.3, -0.25) is 9.13 Å². The van der Waals surface area contributed by atoms with Crippen molar-refractivity contribution in [3.8, 4) is 0 Å². The summed E-state index contributed by atoms with van der Waals surface area (Å²) in [6.45, 7) is -0.317. The third-order valence-corrected chi connectivity index (χ3v) is 3.53. The average Bonchev–Trinajstić information content (AvgIpc) is 2.91. The number of hydrogen-bond acceptors (Lipinski definition) is 2. The molecule has 1 aromatic heterocycles. The second-order valence-electron chi connectivity index (χ2n) is 4.82. The van der Waals surface area contributed by atoms with Gasteiger partial charge in [0, 0.05) is 12.4 Å². The summed E-state index contributed by atoms with van der Waals surface area (Å²) in [4.78, 5) is 12.4. The zero-order valence-corrected chi connectivity index (χ0v) is 11.5. The number of aliphatic hydroxyl groups is 1. The number of aliphatic hydroxyl groups excluding tert-OH is 1. The van der Waals surface area contributed by atoms with E-state index in [1.54, 1.807) is 17.0 Å². The third-order valence-electron chi connectivity index (χ3n) is 3.53. The number of hydrogen-bond donors (Lipinski definition) is 1. The van der Waals surface area contributed by atoms with Crippen LogP contribution in [0.25, 0.3) is 0 Å². The normalized spacial score (nSPS) is 11.0. The van der Waals surface area contributed by atoms with Gasteiger partial charge < -0.3 is 5.11 Å². The van der Waals surface area contributed by atoms with Crippen molar-refractivity contribution in [2.24, 2.45) is 0 Å². The minimum absolute atomic E-state index is 0.201. The predicted octanol–water partition coefficient (Wildman–Crippen LogP) is 2.24. The van der Waals surface area contributed by atoms with Crippen LogP contribution in [0.15, 0.2) is 77.9 Å². The van der Waals surface area contributed by atoms with Crippen LogP contribution in [-0.4, -0.2) is 14.2 Å². The molecule has 3 aromatic rings. The van der Waals surface area contributed by atoms with Gasteiger partial charge in [0.2, 0.25) is 0 Å². The van der Waals surface area contributed by atoms with Crippen molar-refractivity contribution in [3.63, 3.8) is 0 Å². The van der Waals surface area contributed by atoms with E-state index in [9.17, 15) is 9.90 Å². The largest absolute Gasteiger partial charge is 0.376 e. The third kappa shape index (κ3) is 2.53. The van der Waals surface area contributed by atoms with Crippen LogP contribution >= 0.6 is 0 Å². The van der Waals surface area contributed by atoms with Crippen LogP contribution < -0.4 is 5.69 Å². The van der Waals surface area contributed by atoms with Gasteiger partial charge in [0.05, 0.1) is 6.04 Å². The van der Waals surface area contributed by atoms with Crippen molar-refractivity contribution < 1.29 is 5.11 Å². The SMILES string of the molecule is O=c1n(CO)ccn1C(c1ccccc1)c1ccccc1. The Labute approximate surface area is 122 Å². The lowest BCUT2D eigenvalue weighted by atomic mass is 9.99. The van der Waals surface area contributed by atoms with E-state index in [1.807, 2.05) is 60.7 Å². The molecule has 0 unspecified atom stereocenters. The first-order valence-corrected chi connectivity index (χ1v) is 6.79. The fourth-order valence-corrected chi connectivity index (χ4v) is 2.52. The number of nitrogens with zero attached hydrogens (tertiary/aromatic N) is 2. The van der Waals surface area contributed by atoms with Crippen LogP contribution in [0.2, 0.25) is 0 Å². The van der Waals surface area contributed by atoms with E-state index in [-0.39, 0.29) is 18.5 Å². The van der Waals surface area contributed by atoms with E-state index in [0.29, 0.717) is 0 Å². The highest BCUT2D eigenvalue weighted by molar-refractivity contribution is 5.32. The van der Waals surface area contributed by atoms with Crippen molar-refractivity contribution in [1.29, 1.82) is 0 Å². The van der Waals surface area contributed by atoms with Gasteiger partial charge in [0.15, 0.2) is 0 Å². The Balaban J connectivity index is 2.17. The maximum Gasteiger partial charge on any atom is 0.330 e. The molecule has 0 amide bonds. The first-order valence-electron chi connectivity index (χ1n) is 6.79. The number of rotatable bonds is 4. The monoisotopic (exact) mass is 280 g/mol. The first kappa shape index (κ1) is 13.4. The molecule has 21 heavy (non-hydrogen) atoms. The van der Waals surface area contributed by atoms with E-state index in [2.05, 4.69) is 0 Å². The Kier molecular flexibility index (Phi) is 3.71. The Morgan fingerprint density at radius 3 is 1.81 bits per heavy atom. The van der Waals surface area contributed by atoms with Gasteiger partial charge in [-0.1, -0.05) is 60.7 Å². The minimum Gasteiger partial charge on any atom is -0.376 e. The summed E-state index contributed by atoms with van der Waals surface area (Å²) in [5, 5.41) is 9.20. The maximum absolute atomic E-state index is 12.4. The Morgan fingerprint density at radius 1 is 0.857 bits per heavy atom. The highest BCUT2D eigenvalue weighted by Crippen LogP contribution is 2.25. The fourth-order valence-electron chi connectivity index (χ4n) is 2.52. The molecule has 4 nitrogen and oxygen atoms in total. The van der Waals surface area contributed by atoms with Gasteiger partial charge in [-0.2, -0.15) is 0 Å². The molecular weight excluding hydrogens is 264 g/mol. The summed E-state index contributed by atoms with van der Waals surface area (Å²) in [6, 6.07) is 19.5. The summed E-state index contributed by atoms with van der Waals surface area (Å²) < 4.78 is 2.92. The van der Waals surface area contributed by atoms with E-state index < -0.39 is 0 Å². The number of imidazole rings is 1. The van der Waals surface area contributed by atoms with E-state index in [0.717, 1.165) is 11.1 Å². The van der Waals surface area contributed by atoms with Gasteiger partial charge in [0.1, 0.15) is 6.73 Å². The number of benzene rings is 2. The lowest BCUT2D eigenvalue weighted by Gasteiger charge is -2.19. The fraction of sp³-hybridized carbons (Fsp3) is 0.118. The van der Waals surface area contributed by atoms with Crippen molar-refractivity contribution >= 4 is 0 Å². The molecule has 3 rings (SSSR count). The van der Waals surface area contributed by atoms with Gasteiger partial charge in [-0.15, -0.1) is 0 Å². The summed E-state index contributed by atoms with van der Waals surface area (Å²) in [6.07, 6.45) is 3.31. The molecule has 0 saturated carbocycles. The molecule has 0 spiro atoms. The van der Waals surface area contributed by atoms with Crippen LogP contribution in [0.4, 0.5) is 0 Å². The molecule has 0 aliphatic carbocycles. The van der Waals surface area contributed by atoms with Crippen LogP contribution in [0.1, 0.15) is 17.2 Å². The highest BCUT2D eigenvalue weighted by atomic mass is 16.3. The average molecular weight is 280 g/mol. The maximum atomic E-state index is 12.4. The summed E-state index contributed by atoms with van der Waals surface area (Å²) in [7, 11) is 0. The molecular formula is C17H16N2O2. The van der Waals surface area contributed by atoms with Crippen LogP contribution in [0.3, 0.4) is 0 Å². The van der Waals surface area contributed by atoms with Crippen molar-refractivity contribution in [3.05, 3.63) is 94.7 Å². The standard InChI is InChI=1S/C17H16N2O2/c20-13-18-11-12-19(17(18)21)16(14-7-3-1-4-8-14)15-9-5-2-6-10-15/h1-12,16,20H,13H2. The molecule has 106 valence electrons. The molecule has 0 atom stereocenters. The van der Waals surface area contributed by atoms with Gasteiger partial charge in [-0.05, 0) is 11.1 Å². The minimum atomic E-state index is -0.317. The molecule has 0 radical (unpaired) electrons. The lowest BCUT2D eigenvalue weighted by Crippen LogP contribution is -2.28. The molecule has 1 heterocycles. The topological polar surface area (TPSA) is 47.2 Å². The summed E-state index contributed by atoms with van der Waals surface area (Å²) in [5.41, 5.74) is 1.83. The molecule has 4 heteroatoms. The summed E-state index contributed by atoms with van der Waals surface area (Å²) in [5.74, 6) is 0. The zero-order chi connectivity index (χ0) is 14.7. The Hall–Kier alpha value is -2.59. The predicted molar refractivity (Wildman–Crippen MR) is 81.0 cm³/mol. The highest BCUT2D eigenvalue weighted by Gasteiger charge is 2.18. The van der Waals surface area contributed by atoms with Crippen LogP contribution in [-0.2, 0) is 6.73 Å².